The van der Waals surface area contributed by atoms with Crippen LogP contribution in [0, 0.1) is 0 Å². The van der Waals surface area contributed by atoms with Gasteiger partial charge in [0.15, 0.2) is 0 Å². The summed E-state index contributed by atoms with van der Waals surface area (Å²) >= 11 is 0. The zero-order chi connectivity index (χ0) is 20.6. The van der Waals surface area contributed by atoms with Gasteiger partial charge in [-0.05, 0) is 51.8 Å². The first kappa shape index (κ1) is 19.9. The van der Waals surface area contributed by atoms with Gasteiger partial charge in [-0.15, -0.1) is 0 Å². The van der Waals surface area contributed by atoms with E-state index in [2.05, 4.69) is 122 Å². The molecule has 0 heteroatoms. The highest BCUT2D eigenvalue weighted by molar-refractivity contribution is 5.82. The lowest BCUT2D eigenvalue weighted by atomic mass is 9.92. The van der Waals surface area contributed by atoms with Gasteiger partial charge in [0.05, 0.1) is 0 Å². The van der Waals surface area contributed by atoms with Crippen LogP contribution in [0.4, 0.5) is 0 Å². The van der Waals surface area contributed by atoms with Crippen LogP contribution in [0.1, 0.15) is 36.5 Å². The van der Waals surface area contributed by atoms with Crippen molar-refractivity contribution in [1.82, 2.24) is 0 Å². The third-order valence-corrected chi connectivity index (χ3v) is 5.54. The topological polar surface area (TPSA) is 0 Å². The first-order chi connectivity index (χ1) is 14.8. The Morgan fingerprint density at radius 1 is 0.567 bits per heavy atom. The molecule has 0 saturated carbocycles. The molecule has 0 bridgehead atoms. The summed E-state index contributed by atoms with van der Waals surface area (Å²) in [4.78, 5) is 0. The molecular weight excluding hydrogens is 360 g/mol. The molecular formula is C30H28. The van der Waals surface area contributed by atoms with Crippen molar-refractivity contribution >= 4 is 12.2 Å². The quantitative estimate of drug-likeness (QED) is 0.278. The van der Waals surface area contributed by atoms with Gasteiger partial charge in [0.1, 0.15) is 0 Å². The van der Waals surface area contributed by atoms with Crippen molar-refractivity contribution in [2.45, 2.75) is 26.2 Å². The van der Waals surface area contributed by atoms with Crippen LogP contribution in [0.5, 0.6) is 0 Å². The van der Waals surface area contributed by atoms with Crippen molar-refractivity contribution in [3.8, 4) is 22.3 Å². The summed E-state index contributed by atoms with van der Waals surface area (Å²) in [5, 5.41) is 0. The van der Waals surface area contributed by atoms with Crippen molar-refractivity contribution in [3.63, 3.8) is 0 Å². The number of aryl methyl sites for hydroxylation is 1. The van der Waals surface area contributed by atoms with Gasteiger partial charge in [-0.3, -0.25) is 0 Å². The van der Waals surface area contributed by atoms with Gasteiger partial charge in [0, 0.05) is 0 Å². The fraction of sp³-hybridized carbons (Fsp3) is 0.133. The molecule has 0 heterocycles. The van der Waals surface area contributed by atoms with Crippen LogP contribution in [-0.4, -0.2) is 0 Å². The normalized spacial score (nSPS) is 11.1. The lowest BCUT2D eigenvalue weighted by molar-refractivity contribution is 0.796. The van der Waals surface area contributed by atoms with E-state index in [1.54, 1.807) is 0 Å². The molecule has 0 spiro atoms. The van der Waals surface area contributed by atoms with Crippen molar-refractivity contribution < 1.29 is 0 Å². The summed E-state index contributed by atoms with van der Waals surface area (Å²) in [5.74, 6) is 0. The fourth-order valence-electron chi connectivity index (χ4n) is 3.86. The molecule has 0 unspecified atom stereocenters. The van der Waals surface area contributed by atoms with Gasteiger partial charge >= 0.3 is 0 Å². The average molecular weight is 389 g/mol. The molecule has 30 heavy (non-hydrogen) atoms. The molecule has 0 aliphatic rings. The standard InChI is InChI=1S/C30H28/c1-2-3-11-27-14-7-9-16-29(27)30-17-10-8-15-28(30)23-20-24-18-21-26(22-19-24)25-12-5-4-6-13-25/h4-10,12-23H,2-3,11H2,1H3/b23-20+. The smallest absolute Gasteiger partial charge is 0.0109 e. The van der Waals surface area contributed by atoms with Gasteiger partial charge in [-0.25, -0.2) is 0 Å². The number of benzene rings is 4. The van der Waals surface area contributed by atoms with E-state index in [0.29, 0.717) is 0 Å². The minimum absolute atomic E-state index is 1.13. The largest absolute Gasteiger partial charge is 0.0654 e. The highest BCUT2D eigenvalue weighted by Gasteiger charge is 2.07. The van der Waals surface area contributed by atoms with E-state index in [1.165, 1.54) is 51.8 Å². The molecule has 0 nitrogen and oxygen atoms in total. The second-order valence-corrected chi connectivity index (χ2v) is 7.67. The summed E-state index contributed by atoms with van der Waals surface area (Å²) in [6, 6.07) is 36.8. The minimum Gasteiger partial charge on any atom is -0.0654 e. The number of hydrogen-bond acceptors (Lipinski definition) is 0. The Balaban J connectivity index is 1.60. The third kappa shape index (κ3) is 4.78. The van der Waals surface area contributed by atoms with Crippen molar-refractivity contribution in [2.24, 2.45) is 0 Å². The number of unbranched alkanes of at least 4 members (excludes halogenated alkanes) is 1. The van der Waals surface area contributed by atoms with Gasteiger partial charge in [-0.1, -0.05) is 129 Å². The predicted molar refractivity (Wildman–Crippen MR) is 131 cm³/mol. The Kier molecular flexibility index (Phi) is 6.57. The van der Waals surface area contributed by atoms with E-state index in [9.17, 15) is 0 Å². The zero-order valence-corrected chi connectivity index (χ0v) is 17.6. The number of rotatable bonds is 7. The molecule has 4 aromatic rings. The second kappa shape index (κ2) is 9.89. The molecule has 148 valence electrons. The van der Waals surface area contributed by atoms with Crippen LogP contribution < -0.4 is 0 Å². The zero-order valence-electron chi connectivity index (χ0n) is 17.6. The van der Waals surface area contributed by atoms with Gasteiger partial charge in [0.25, 0.3) is 0 Å². The maximum Gasteiger partial charge on any atom is -0.0109 e. The lowest BCUT2D eigenvalue weighted by Gasteiger charge is -2.12. The van der Waals surface area contributed by atoms with Crippen LogP contribution >= 0.6 is 0 Å². The summed E-state index contributed by atoms with van der Waals surface area (Å²) in [5.41, 5.74) is 9.07. The summed E-state index contributed by atoms with van der Waals surface area (Å²) in [6.07, 6.45) is 8.02. The Morgan fingerprint density at radius 2 is 1.20 bits per heavy atom. The van der Waals surface area contributed by atoms with E-state index >= 15 is 0 Å². The Bertz CT molecular complexity index is 1100. The monoisotopic (exact) mass is 388 g/mol. The van der Waals surface area contributed by atoms with Crippen LogP contribution in [0.2, 0.25) is 0 Å². The van der Waals surface area contributed by atoms with Gasteiger partial charge < -0.3 is 0 Å². The molecule has 0 saturated heterocycles. The van der Waals surface area contributed by atoms with E-state index in [4.69, 9.17) is 0 Å². The Hall–Kier alpha value is -3.38. The molecule has 0 N–H and O–H groups in total. The SMILES string of the molecule is CCCCc1ccccc1-c1ccccc1/C=C/c1ccc(-c2ccccc2)cc1. The van der Waals surface area contributed by atoms with Crippen LogP contribution in [0.3, 0.4) is 0 Å². The van der Waals surface area contributed by atoms with Crippen LogP contribution in [-0.2, 0) is 6.42 Å². The van der Waals surface area contributed by atoms with Gasteiger partial charge in [0.2, 0.25) is 0 Å². The lowest BCUT2D eigenvalue weighted by Crippen LogP contribution is -1.92. The Morgan fingerprint density at radius 3 is 1.97 bits per heavy atom. The molecule has 0 atom stereocenters. The molecule has 4 aromatic carbocycles. The van der Waals surface area contributed by atoms with E-state index in [1.807, 2.05) is 0 Å². The van der Waals surface area contributed by atoms with Crippen LogP contribution in [0.25, 0.3) is 34.4 Å². The van der Waals surface area contributed by atoms with Crippen LogP contribution in [0.15, 0.2) is 103 Å². The highest BCUT2D eigenvalue weighted by atomic mass is 14.1. The number of hydrogen-bond donors (Lipinski definition) is 0. The average Bonchev–Trinajstić information content (AvgIpc) is 2.83. The third-order valence-electron chi connectivity index (χ3n) is 5.54. The van der Waals surface area contributed by atoms with E-state index in [0.717, 1.165) is 6.42 Å². The maximum absolute atomic E-state index is 2.27. The first-order valence-corrected chi connectivity index (χ1v) is 10.9. The predicted octanol–water partition coefficient (Wildman–Crippen LogP) is 8.53. The molecule has 4 rings (SSSR count). The molecule has 0 aromatic heterocycles. The molecule has 0 aliphatic heterocycles. The fourth-order valence-corrected chi connectivity index (χ4v) is 3.86. The summed E-state index contributed by atoms with van der Waals surface area (Å²) in [7, 11) is 0. The first-order valence-electron chi connectivity index (χ1n) is 10.9. The maximum atomic E-state index is 2.27. The van der Waals surface area contributed by atoms with Gasteiger partial charge in [-0.2, -0.15) is 0 Å². The summed E-state index contributed by atoms with van der Waals surface area (Å²) in [6.45, 7) is 2.25. The highest BCUT2D eigenvalue weighted by Crippen LogP contribution is 2.29. The minimum atomic E-state index is 1.13. The van der Waals surface area contributed by atoms with E-state index < -0.39 is 0 Å². The van der Waals surface area contributed by atoms with Crippen molar-refractivity contribution in [2.75, 3.05) is 0 Å². The van der Waals surface area contributed by atoms with Crippen molar-refractivity contribution in [1.29, 1.82) is 0 Å². The molecule has 0 fully saturated rings. The summed E-state index contributed by atoms with van der Waals surface area (Å²) < 4.78 is 0. The van der Waals surface area contributed by atoms with Crippen molar-refractivity contribution in [3.05, 3.63) is 120 Å². The molecule has 0 amide bonds. The molecule has 0 aliphatic carbocycles. The van der Waals surface area contributed by atoms with E-state index in [-0.39, 0.29) is 0 Å². The molecule has 0 radical (unpaired) electrons. The second-order valence-electron chi connectivity index (χ2n) is 7.67. The Labute approximate surface area is 180 Å².